The van der Waals surface area contributed by atoms with Crippen LogP contribution in [0.2, 0.25) is 0 Å². The molecule has 3 nitrogen and oxygen atoms in total. The molecule has 0 aliphatic heterocycles. The number of nitrogens with one attached hydrogen (secondary N) is 1. The van der Waals surface area contributed by atoms with E-state index in [-0.39, 0.29) is 0 Å². The number of hydrogen-bond acceptors (Lipinski definition) is 3. The van der Waals surface area contributed by atoms with Crippen LogP contribution < -0.4 is 10.1 Å². The summed E-state index contributed by atoms with van der Waals surface area (Å²) in [6.07, 6.45) is 1.77. The van der Waals surface area contributed by atoms with Gasteiger partial charge < -0.3 is 10.1 Å². The Morgan fingerprint density at radius 3 is 2.76 bits per heavy atom. The number of para-hydroxylation sites is 1. The Kier molecular flexibility index (Phi) is 3.84. The lowest BCUT2D eigenvalue weighted by Gasteiger charge is -2.10. The summed E-state index contributed by atoms with van der Waals surface area (Å²) in [7, 11) is 1.94. The van der Waals surface area contributed by atoms with Gasteiger partial charge in [-0.1, -0.05) is 30.3 Å². The van der Waals surface area contributed by atoms with Crippen molar-refractivity contribution in [3.05, 3.63) is 65.9 Å². The molecule has 21 heavy (non-hydrogen) atoms. The summed E-state index contributed by atoms with van der Waals surface area (Å²) in [5.74, 6) is 1.63. The summed E-state index contributed by atoms with van der Waals surface area (Å²) in [5.41, 5.74) is 3.35. The van der Waals surface area contributed by atoms with E-state index in [1.807, 2.05) is 43.4 Å². The van der Waals surface area contributed by atoms with E-state index in [1.165, 1.54) is 5.56 Å². The minimum atomic E-state index is 0.762. The minimum Gasteiger partial charge on any atom is -0.455 e. The zero-order valence-electron chi connectivity index (χ0n) is 12.3. The second kappa shape index (κ2) is 5.94. The van der Waals surface area contributed by atoms with Gasteiger partial charge in [0.05, 0.1) is 11.7 Å². The number of pyridine rings is 1. The third kappa shape index (κ3) is 3.03. The van der Waals surface area contributed by atoms with Crippen molar-refractivity contribution in [3.63, 3.8) is 0 Å². The smallest absolute Gasteiger partial charge is 0.146 e. The third-order valence-electron chi connectivity index (χ3n) is 3.41. The van der Waals surface area contributed by atoms with Crippen LogP contribution in [0.1, 0.15) is 11.1 Å². The maximum absolute atomic E-state index is 5.97. The molecule has 0 bridgehead atoms. The van der Waals surface area contributed by atoms with Gasteiger partial charge in [-0.3, -0.25) is 4.98 Å². The standard InChI is InChI=1S/C18H18N2O/c1-13-9-14(11-19-2)7-8-18(13)21-16-10-15-5-3-4-6-17(15)20-12-16/h3-10,12,19H,11H2,1-2H3. The Hall–Kier alpha value is -2.39. The van der Waals surface area contributed by atoms with Crippen molar-refractivity contribution >= 4 is 10.9 Å². The molecule has 1 aromatic heterocycles. The molecule has 0 spiro atoms. The number of aryl methyl sites for hydroxylation is 1. The number of rotatable bonds is 4. The van der Waals surface area contributed by atoms with Crippen molar-refractivity contribution in [1.82, 2.24) is 10.3 Å². The van der Waals surface area contributed by atoms with Crippen LogP contribution in [0, 0.1) is 6.92 Å². The molecule has 0 unspecified atom stereocenters. The van der Waals surface area contributed by atoms with Crippen LogP contribution in [0.15, 0.2) is 54.7 Å². The Labute approximate surface area is 124 Å². The first-order valence-corrected chi connectivity index (χ1v) is 7.03. The minimum absolute atomic E-state index is 0.762. The summed E-state index contributed by atoms with van der Waals surface area (Å²) in [4.78, 5) is 4.42. The highest BCUT2D eigenvalue weighted by Crippen LogP contribution is 2.27. The molecule has 0 atom stereocenters. The molecule has 0 saturated heterocycles. The van der Waals surface area contributed by atoms with E-state index in [2.05, 4.69) is 29.4 Å². The number of aromatic nitrogens is 1. The summed E-state index contributed by atoms with van der Waals surface area (Å²) in [6, 6.07) is 16.3. The average molecular weight is 278 g/mol. The normalized spacial score (nSPS) is 10.8. The molecule has 0 radical (unpaired) electrons. The van der Waals surface area contributed by atoms with Crippen LogP contribution in [0.4, 0.5) is 0 Å². The van der Waals surface area contributed by atoms with Gasteiger partial charge in [-0.25, -0.2) is 0 Å². The first kappa shape index (κ1) is 13.6. The Bertz CT molecular complexity index is 768. The molecule has 0 aliphatic rings. The fourth-order valence-electron chi connectivity index (χ4n) is 2.37. The van der Waals surface area contributed by atoms with E-state index in [0.717, 1.165) is 34.5 Å². The van der Waals surface area contributed by atoms with Gasteiger partial charge in [0.2, 0.25) is 0 Å². The molecule has 2 aromatic carbocycles. The topological polar surface area (TPSA) is 34.1 Å². The fourth-order valence-corrected chi connectivity index (χ4v) is 2.37. The second-order valence-electron chi connectivity index (χ2n) is 5.10. The first-order valence-electron chi connectivity index (χ1n) is 7.03. The highest BCUT2D eigenvalue weighted by atomic mass is 16.5. The third-order valence-corrected chi connectivity index (χ3v) is 3.41. The van der Waals surface area contributed by atoms with E-state index >= 15 is 0 Å². The predicted molar refractivity (Wildman–Crippen MR) is 85.8 cm³/mol. The van der Waals surface area contributed by atoms with E-state index < -0.39 is 0 Å². The highest BCUT2D eigenvalue weighted by molar-refractivity contribution is 5.79. The Morgan fingerprint density at radius 1 is 1.10 bits per heavy atom. The van der Waals surface area contributed by atoms with Crippen LogP contribution in [0.5, 0.6) is 11.5 Å². The number of ether oxygens (including phenoxy) is 1. The molecule has 3 aromatic rings. The lowest BCUT2D eigenvalue weighted by atomic mass is 10.1. The molecule has 0 saturated carbocycles. The van der Waals surface area contributed by atoms with Crippen LogP contribution in [-0.4, -0.2) is 12.0 Å². The molecule has 0 amide bonds. The molecule has 3 rings (SSSR count). The number of benzene rings is 2. The van der Waals surface area contributed by atoms with E-state index in [0.29, 0.717) is 0 Å². The van der Waals surface area contributed by atoms with Crippen molar-refractivity contribution in [1.29, 1.82) is 0 Å². The summed E-state index contributed by atoms with van der Waals surface area (Å²) in [5, 5.41) is 4.23. The van der Waals surface area contributed by atoms with Gasteiger partial charge >= 0.3 is 0 Å². The Balaban J connectivity index is 1.87. The maximum atomic E-state index is 5.97. The molecule has 3 heteroatoms. The second-order valence-corrected chi connectivity index (χ2v) is 5.10. The summed E-state index contributed by atoms with van der Waals surface area (Å²) in [6.45, 7) is 2.92. The highest BCUT2D eigenvalue weighted by Gasteiger charge is 2.04. The zero-order chi connectivity index (χ0) is 14.7. The van der Waals surface area contributed by atoms with E-state index in [4.69, 9.17) is 4.74 Å². The quantitative estimate of drug-likeness (QED) is 0.781. The van der Waals surface area contributed by atoms with Gasteiger partial charge in [0.25, 0.3) is 0 Å². The predicted octanol–water partition coefficient (Wildman–Crippen LogP) is 4.05. The lowest BCUT2D eigenvalue weighted by molar-refractivity contribution is 0.477. The van der Waals surface area contributed by atoms with Gasteiger partial charge in [-0.2, -0.15) is 0 Å². The van der Waals surface area contributed by atoms with Gasteiger partial charge in [0.1, 0.15) is 11.5 Å². The van der Waals surface area contributed by atoms with E-state index in [9.17, 15) is 0 Å². The molecule has 0 aliphatic carbocycles. The maximum Gasteiger partial charge on any atom is 0.146 e. The van der Waals surface area contributed by atoms with E-state index in [1.54, 1.807) is 6.20 Å². The van der Waals surface area contributed by atoms with Crippen molar-refractivity contribution < 1.29 is 4.74 Å². The van der Waals surface area contributed by atoms with Crippen LogP contribution in [0.3, 0.4) is 0 Å². The Morgan fingerprint density at radius 2 is 1.95 bits per heavy atom. The number of fused-ring (bicyclic) bond motifs is 1. The first-order chi connectivity index (χ1) is 10.3. The molecular weight excluding hydrogens is 260 g/mol. The molecule has 1 heterocycles. The van der Waals surface area contributed by atoms with Crippen LogP contribution in [0.25, 0.3) is 10.9 Å². The van der Waals surface area contributed by atoms with Gasteiger partial charge in [-0.05, 0) is 43.3 Å². The zero-order valence-corrected chi connectivity index (χ0v) is 12.3. The van der Waals surface area contributed by atoms with Crippen molar-refractivity contribution in [3.8, 4) is 11.5 Å². The van der Waals surface area contributed by atoms with Crippen molar-refractivity contribution in [2.24, 2.45) is 0 Å². The molecule has 106 valence electrons. The molecule has 1 N–H and O–H groups in total. The largest absolute Gasteiger partial charge is 0.455 e. The average Bonchev–Trinajstić information content (AvgIpc) is 2.50. The van der Waals surface area contributed by atoms with Crippen LogP contribution >= 0.6 is 0 Å². The molecular formula is C18H18N2O. The van der Waals surface area contributed by atoms with Crippen molar-refractivity contribution in [2.45, 2.75) is 13.5 Å². The fraction of sp³-hybridized carbons (Fsp3) is 0.167. The van der Waals surface area contributed by atoms with Gasteiger partial charge in [0, 0.05) is 11.9 Å². The SMILES string of the molecule is CNCc1ccc(Oc2cnc3ccccc3c2)c(C)c1. The summed E-state index contributed by atoms with van der Waals surface area (Å²) < 4.78 is 5.97. The monoisotopic (exact) mass is 278 g/mol. The van der Waals surface area contributed by atoms with Crippen molar-refractivity contribution in [2.75, 3.05) is 7.05 Å². The summed E-state index contributed by atoms with van der Waals surface area (Å²) >= 11 is 0. The number of hydrogen-bond donors (Lipinski definition) is 1. The van der Waals surface area contributed by atoms with Gasteiger partial charge in [0.15, 0.2) is 0 Å². The lowest BCUT2D eigenvalue weighted by Crippen LogP contribution is -2.05. The van der Waals surface area contributed by atoms with Gasteiger partial charge in [-0.15, -0.1) is 0 Å². The molecule has 0 fully saturated rings. The number of nitrogens with zero attached hydrogens (tertiary/aromatic N) is 1. The van der Waals surface area contributed by atoms with Crippen LogP contribution in [-0.2, 0) is 6.54 Å².